The highest BCUT2D eigenvalue weighted by molar-refractivity contribution is 5.93. The summed E-state index contributed by atoms with van der Waals surface area (Å²) in [6.07, 6.45) is -4.72. The Labute approximate surface area is 282 Å². The Morgan fingerprint density at radius 1 is 1.02 bits per heavy atom. The molecule has 0 saturated carbocycles. The molecule has 0 saturated heterocycles. The van der Waals surface area contributed by atoms with Crippen molar-refractivity contribution in [3.8, 4) is 28.6 Å². The van der Waals surface area contributed by atoms with Crippen molar-refractivity contribution in [3.05, 3.63) is 119 Å². The lowest BCUT2D eigenvalue weighted by Crippen LogP contribution is -2.33. The summed E-state index contributed by atoms with van der Waals surface area (Å²) < 4.78 is 51.1. The van der Waals surface area contributed by atoms with E-state index in [1.165, 1.54) is 48.4 Å². The molecule has 0 aliphatic carbocycles. The number of nitrogens with one attached hydrogen (secondary N) is 2. The van der Waals surface area contributed by atoms with Gasteiger partial charge in [-0.15, -0.1) is 0 Å². The van der Waals surface area contributed by atoms with Crippen LogP contribution in [0.2, 0.25) is 0 Å². The van der Waals surface area contributed by atoms with Gasteiger partial charge in [-0.25, -0.2) is 0 Å². The first kappa shape index (κ1) is 33.9. The van der Waals surface area contributed by atoms with Crippen molar-refractivity contribution in [1.29, 1.82) is 0 Å². The normalized spacial score (nSPS) is 12.3. The Morgan fingerprint density at radius 3 is 2.48 bits per heavy atom. The molecular formula is C36H30F3N5O6. The molecule has 0 radical (unpaired) electrons. The van der Waals surface area contributed by atoms with Gasteiger partial charge in [-0.05, 0) is 59.2 Å². The van der Waals surface area contributed by atoms with Gasteiger partial charge < -0.3 is 29.8 Å². The number of hydrogen-bond donors (Lipinski definition) is 4. The maximum Gasteiger partial charge on any atom is 0.416 e. The number of rotatable bonds is 12. The van der Waals surface area contributed by atoms with Crippen LogP contribution >= 0.6 is 0 Å². The Hall–Kier alpha value is -5.99. The Bertz CT molecular complexity index is 2130. The number of anilines is 1. The third-order valence-corrected chi connectivity index (χ3v) is 8.00. The van der Waals surface area contributed by atoms with Crippen LogP contribution < -0.4 is 10.1 Å². The van der Waals surface area contributed by atoms with Crippen molar-refractivity contribution < 1.29 is 42.2 Å². The van der Waals surface area contributed by atoms with E-state index in [2.05, 4.69) is 20.4 Å². The number of H-pyrrole nitrogens is 1. The third-order valence-electron chi connectivity index (χ3n) is 8.00. The van der Waals surface area contributed by atoms with E-state index in [4.69, 9.17) is 9.26 Å². The Balaban J connectivity index is 1.11. The number of hydrogen-bond acceptors (Lipinski definition) is 8. The highest BCUT2D eigenvalue weighted by atomic mass is 19.4. The number of aliphatic hydroxyl groups excluding tert-OH is 1. The van der Waals surface area contributed by atoms with E-state index < -0.39 is 42.8 Å². The molecule has 1 amide bonds. The van der Waals surface area contributed by atoms with Gasteiger partial charge in [-0.2, -0.15) is 18.2 Å². The molecule has 0 fully saturated rings. The summed E-state index contributed by atoms with van der Waals surface area (Å²) in [5, 5.41) is 28.3. The third kappa shape index (κ3) is 7.66. The number of ether oxygens (including phenoxy) is 1. The summed E-state index contributed by atoms with van der Waals surface area (Å²) in [4.78, 5) is 33.4. The quantitative estimate of drug-likeness (QED) is 0.103. The maximum atomic E-state index is 13.6. The topological polar surface area (TPSA) is 154 Å². The molecule has 6 rings (SSSR count). The second-order valence-corrected chi connectivity index (χ2v) is 11.4. The number of aromatic amines is 1. The number of fused-ring (bicyclic) bond motifs is 1. The van der Waals surface area contributed by atoms with Crippen molar-refractivity contribution in [2.45, 2.75) is 25.4 Å². The molecular weight excluding hydrogens is 655 g/mol. The van der Waals surface area contributed by atoms with E-state index in [-0.39, 0.29) is 23.5 Å². The Morgan fingerprint density at radius 2 is 1.78 bits per heavy atom. The lowest BCUT2D eigenvalue weighted by molar-refractivity contribution is -0.142. The first-order valence-corrected chi connectivity index (χ1v) is 15.3. The van der Waals surface area contributed by atoms with Crippen LogP contribution in [0, 0.1) is 0 Å². The molecule has 0 bridgehead atoms. The van der Waals surface area contributed by atoms with Gasteiger partial charge in [0, 0.05) is 40.5 Å². The second-order valence-electron chi connectivity index (χ2n) is 11.4. The van der Waals surface area contributed by atoms with E-state index >= 15 is 0 Å². The van der Waals surface area contributed by atoms with Gasteiger partial charge in [0.15, 0.2) is 0 Å². The molecule has 14 heteroatoms. The minimum absolute atomic E-state index is 0.0183. The number of carbonyl (C=O) groups excluding carboxylic acids is 1. The summed E-state index contributed by atoms with van der Waals surface area (Å²) in [6.45, 7) is -0.410. The molecule has 50 heavy (non-hydrogen) atoms. The standard InChI is InChI=1S/C36H30F3N5O6/c1-49-26-14-11-24(29(18-26)36(37,38)39)17-31(45)41-25-12-9-23(10-13-25)35(48)44(20-32(46)47)19-21-5-7-22(8-6-21)33-42-34(50-43-33)28-3-2-4-30-27(28)15-16-40-30/h2-16,18,35,40,48H,17,19-20H2,1H3,(H,41,45)(H,46,47). The minimum atomic E-state index is -4.68. The lowest BCUT2D eigenvalue weighted by atomic mass is 10.0. The first-order valence-electron chi connectivity index (χ1n) is 15.3. The fourth-order valence-electron chi connectivity index (χ4n) is 5.55. The lowest BCUT2D eigenvalue weighted by Gasteiger charge is -2.27. The van der Waals surface area contributed by atoms with Gasteiger partial charge in [0.2, 0.25) is 11.7 Å². The van der Waals surface area contributed by atoms with E-state index in [9.17, 15) is 33.0 Å². The highest BCUT2D eigenvalue weighted by Gasteiger charge is 2.34. The van der Waals surface area contributed by atoms with E-state index in [0.717, 1.165) is 22.5 Å². The van der Waals surface area contributed by atoms with E-state index in [1.807, 2.05) is 30.5 Å². The van der Waals surface area contributed by atoms with Crippen molar-refractivity contribution >= 4 is 28.5 Å². The predicted molar refractivity (Wildman–Crippen MR) is 177 cm³/mol. The van der Waals surface area contributed by atoms with Gasteiger partial charge >= 0.3 is 12.1 Å². The molecule has 0 spiro atoms. The zero-order valence-corrected chi connectivity index (χ0v) is 26.4. The number of carbonyl (C=O) groups is 2. The summed E-state index contributed by atoms with van der Waals surface area (Å²) in [5.41, 5.74) is 2.55. The number of methoxy groups -OCH3 is 1. The van der Waals surface area contributed by atoms with E-state index in [1.54, 1.807) is 24.3 Å². The number of aliphatic hydroxyl groups is 1. The van der Waals surface area contributed by atoms with Crippen molar-refractivity contribution in [1.82, 2.24) is 20.0 Å². The number of carboxylic acids is 1. The SMILES string of the molecule is COc1ccc(CC(=O)Nc2ccc(C(O)N(CC(=O)O)Cc3ccc(-c4noc(-c5cccc6[nH]ccc56)n4)cc3)cc2)c(C(F)(F)F)c1. The van der Waals surface area contributed by atoms with Crippen molar-refractivity contribution in [2.24, 2.45) is 0 Å². The number of aliphatic carboxylic acids is 1. The monoisotopic (exact) mass is 685 g/mol. The van der Waals surface area contributed by atoms with Crippen LogP contribution in [0.4, 0.5) is 18.9 Å². The molecule has 4 N–H and O–H groups in total. The van der Waals surface area contributed by atoms with Gasteiger partial charge in [0.25, 0.3) is 5.89 Å². The molecule has 4 aromatic carbocycles. The Kier molecular flexibility index (Phi) is 9.65. The number of nitrogens with zero attached hydrogens (tertiary/aromatic N) is 3. The van der Waals surface area contributed by atoms with Gasteiger partial charge in [0.05, 0.1) is 25.6 Å². The molecule has 1 atom stereocenters. The summed E-state index contributed by atoms with van der Waals surface area (Å²) >= 11 is 0. The summed E-state index contributed by atoms with van der Waals surface area (Å²) in [5.74, 6) is -1.08. The molecule has 2 heterocycles. The van der Waals surface area contributed by atoms with Crippen molar-refractivity contribution in [2.75, 3.05) is 19.0 Å². The van der Waals surface area contributed by atoms with Crippen LogP contribution in [0.25, 0.3) is 33.7 Å². The van der Waals surface area contributed by atoms with Crippen LogP contribution in [-0.2, 0) is 28.7 Å². The number of halogens is 3. The number of carboxylic acid groups (broad SMARTS) is 1. The molecule has 0 aliphatic heterocycles. The van der Waals surface area contributed by atoms with Gasteiger partial charge in [0.1, 0.15) is 12.0 Å². The van der Waals surface area contributed by atoms with Crippen LogP contribution in [0.1, 0.15) is 28.5 Å². The van der Waals surface area contributed by atoms with Crippen LogP contribution in [0.5, 0.6) is 5.75 Å². The second kappa shape index (κ2) is 14.2. The smallest absolute Gasteiger partial charge is 0.416 e. The van der Waals surface area contributed by atoms with Crippen LogP contribution in [-0.4, -0.2) is 55.8 Å². The highest BCUT2D eigenvalue weighted by Crippen LogP contribution is 2.35. The fraction of sp³-hybridized carbons (Fsp3) is 0.167. The summed E-state index contributed by atoms with van der Waals surface area (Å²) in [7, 11) is 1.25. The van der Waals surface area contributed by atoms with Gasteiger partial charge in [-0.1, -0.05) is 53.7 Å². The average molecular weight is 686 g/mol. The number of aromatic nitrogens is 3. The zero-order valence-electron chi connectivity index (χ0n) is 26.4. The molecule has 256 valence electrons. The average Bonchev–Trinajstić information content (AvgIpc) is 3.78. The molecule has 2 aromatic heterocycles. The minimum Gasteiger partial charge on any atom is -0.497 e. The fourth-order valence-corrected chi connectivity index (χ4v) is 5.55. The van der Waals surface area contributed by atoms with Crippen molar-refractivity contribution in [3.63, 3.8) is 0 Å². The molecule has 0 aliphatic rings. The zero-order chi connectivity index (χ0) is 35.4. The number of benzene rings is 4. The van der Waals surface area contributed by atoms with Crippen LogP contribution in [0.3, 0.4) is 0 Å². The van der Waals surface area contributed by atoms with Crippen LogP contribution in [0.15, 0.2) is 102 Å². The summed E-state index contributed by atoms with van der Waals surface area (Å²) in [6, 6.07) is 24.0. The first-order chi connectivity index (χ1) is 24.0. The predicted octanol–water partition coefficient (Wildman–Crippen LogP) is 6.67. The number of alkyl halides is 3. The van der Waals surface area contributed by atoms with E-state index in [0.29, 0.717) is 28.4 Å². The number of amides is 1. The van der Waals surface area contributed by atoms with Gasteiger partial charge in [-0.3, -0.25) is 14.5 Å². The maximum absolute atomic E-state index is 13.6. The molecule has 1 unspecified atom stereocenters. The molecule has 6 aromatic rings. The largest absolute Gasteiger partial charge is 0.497 e. The molecule has 11 nitrogen and oxygen atoms in total.